The number of Topliss-reactive ketones (excluding diaryl/α,β-unsaturated/α-hetero) is 1. The zero-order valence-corrected chi connectivity index (χ0v) is 29.0. The fourth-order valence-corrected chi connectivity index (χ4v) is 6.79. The number of carbonyl (C=O) groups excluding carboxylic acids is 4. The van der Waals surface area contributed by atoms with E-state index in [9.17, 15) is 42.3 Å². The summed E-state index contributed by atoms with van der Waals surface area (Å²) in [6.07, 6.45) is 8.09. The lowest BCUT2D eigenvalue weighted by Gasteiger charge is -2.26. The number of esters is 2. The van der Waals surface area contributed by atoms with Gasteiger partial charge in [0.2, 0.25) is 0 Å². The summed E-state index contributed by atoms with van der Waals surface area (Å²) in [5.41, 5.74) is 4.02. The van der Waals surface area contributed by atoms with Crippen LogP contribution in [-0.4, -0.2) is 77.8 Å². The molecule has 3 N–H and O–H groups in total. The zero-order valence-electron chi connectivity index (χ0n) is 28.2. The van der Waals surface area contributed by atoms with E-state index in [1.165, 1.54) is 41.3 Å². The first-order valence-electron chi connectivity index (χ1n) is 16.6. The van der Waals surface area contributed by atoms with Crippen molar-refractivity contribution in [2.24, 2.45) is 11.3 Å². The minimum absolute atomic E-state index is 0.0374. The maximum absolute atomic E-state index is 13.7. The molecule has 2 aromatic carbocycles. The third kappa shape index (κ3) is 9.61. The number of aryl methyl sites for hydroxylation is 1. The van der Waals surface area contributed by atoms with E-state index in [2.05, 4.69) is 11.8 Å². The van der Waals surface area contributed by atoms with E-state index in [0.717, 1.165) is 31.2 Å². The average Bonchev–Trinajstić information content (AvgIpc) is 3.60. The van der Waals surface area contributed by atoms with E-state index in [0.29, 0.717) is 12.8 Å². The van der Waals surface area contributed by atoms with Crippen LogP contribution in [0.2, 0.25) is 0 Å². The number of ketones is 1. The smallest absolute Gasteiger partial charge is 0.338 e. The molecule has 1 saturated carbocycles. The highest BCUT2D eigenvalue weighted by Gasteiger charge is 2.61. The first kappa shape index (κ1) is 38.3. The molecule has 2 heterocycles. The number of benzene rings is 2. The highest BCUT2D eigenvalue weighted by molar-refractivity contribution is 7.85. The number of allylic oxidation sites excluding steroid dienone is 2. The molecule has 15 heteroatoms. The van der Waals surface area contributed by atoms with Gasteiger partial charge in [-0.15, -0.1) is 0 Å². The van der Waals surface area contributed by atoms with Gasteiger partial charge in [-0.25, -0.2) is 13.2 Å². The Bertz CT molecular complexity index is 1710. The number of ether oxygens (including phenoxy) is 2. The van der Waals surface area contributed by atoms with Gasteiger partial charge in [0.05, 0.1) is 40.0 Å². The van der Waals surface area contributed by atoms with Crippen LogP contribution in [0.25, 0.3) is 0 Å². The zero-order chi connectivity index (χ0) is 36.6. The van der Waals surface area contributed by atoms with Gasteiger partial charge in [0.1, 0.15) is 16.2 Å². The standard InChI is InChI=1S/C28H35N3O8.C7H8O3S/c1-2-38-27(35)28-15-19(28)8-6-4-3-5-7-9-22(29)25(33)30-17-21(14-23(30)24(32)16-28)39-26(34)18-10-12-20(13-11-18)31(36)37;1-6-2-4-7(5-3-6)11(8,9)10/h6,8,10-13,19,21-23H,2-5,7,9,14-17,29H2,1H3;2-5H,1H3,(H,8,9,10)/b8-6-;/t19-,21-,22+,23+,28-;/m1./s1. The molecular weight excluding hydrogens is 670 g/mol. The summed E-state index contributed by atoms with van der Waals surface area (Å²) in [4.78, 5) is 64.4. The van der Waals surface area contributed by atoms with Crippen molar-refractivity contribution in [3.05, 3.63) is 81.9 Å². The van der Waals surface area contributed by atoms with Crippen LogP contribution < -0.4 is 5.73 Å². The number of nitrogens with zero attached hydrogens (tertiary/aromatic N) is 2. The molecule has 2 aromatic rings. The van der Waals surface area contributed by atoms with Crippen LogP contribution in [0.3, 0.4) is 0 Å². The van der Waals surface area contributed by atoms with Crippen LogP contribution >= 0.6 is 0 Å². The van der Waals surface area contributed by atoms with E-state index < -0.39 is 50.6 Å². The van der Waals surface area contributed by atoms with E-state index >= 15 is 0 Å². The summed E-state index contributed by atoms with van der Waals surface area (Å²) < 4.78 is 42.1. The van der Waals surface area contributed by atoms with Crippen LogP contribution in [0.1, 0.15) is 74.2 Å². The lowest BCUT2D eigenvalue weighted by molar-refractivity contribution is -0.407. The molecule has 2 aliphatic heterocycles. The van der Waals surface area contributed by atoms with E-state index in [1.807, 2.05) is 13.0 Å². The maximum Gasteiger partial charge on any atom is 0.338 e. The van der Waals surface area contributed by atoms with Crippen molar-refractivity contribution in [3.63, 3.8) is 0 Å². The number of amides is 1. The quantitative estimate of drug-likeness (QED) is 0.151. The van der Waals surface area contributed by atoms with E-state index in [-0.39, 0.29) is 59.7 Å². The first-order valence-corrected chi connectivity index (χ1v) is 18.0. The Balaban J connectivity index is 0.000000435. The Hall–Kier alpha value is -4.47. The molecule has 50 heavy (non-hydrogen) atoms. The van der Waals surface area contributed by atoms with Crippen LogP contribution in [0, 0.1) is 28.4 Å². The van der Waals surface area contributed by atoms with Crippen LogP contribution in [0.15, 0.2) is 65.6 Å². The summed E-state index contributed by atoms with van der Waals surface area (Å²) in [6.45, 7) is 3.80. The summed E-state index contributed by atoms with van der Waals surface area (Å²) >= 11 is 0. The molecule has 0 spiro atoms. The predicted octanol–water partition coefficient (Wildman–Crippen LogP) is 3.28. The summed E-state index contributed by atoms with van der Waals surface area (Å²) in [7, 11) is -4.27. The summed E-state index contributed by atoms with van der Waals surface area (Å²) in [5.74, 6) is -1.72. The van der Waals surface area contributed by atoms with E-state index in [4.69, 9.17) is 9.47 Å². The molecule has 14 nitrogen and oxygen atoms in total. The lowest BCUT2D eigenvalue weighted by Crippen LogP contribution is -2.68. The molecule has 1 aliphatic carbocycles. The van der Waals surface area contributed by atoms with Crippen LogP contribution in [0.4, 0.5) is 5.69 Å². The molecule has 2 fully saturated rings. The molecule has 1 amide bonds. The number of carbonyl (C=O) groups is 4. The molecule has 5 atom stereocenters. The minimum Gasteiger partial charge on any atom is -0.744 e. The Morgan fingerprint density at radius 3 is 2.36 bits per heavy atom. The Labute approximate surface area is 290 Å². The van der Waals surface area contributed by atoms with Gasteiger partial charge in [-0.1, -0.05) is 36.3 Å². The second-order valence-electron chi connectivity index (χ2n) is 12.9. The molecule has 0 aromatic heterocycles. The second-order valence-corrected chi connectivity index (χ2v) is 14.3. The van der Waals surface area contributed by atoms with Crippen molar-refractivity contribution < 1.29 is 52.3 Å². The number of nitro groups is 1. The van der Waals surface area contributed by atoms with Crippen molar-refractivity contribution in [1.29, 1.82) is 0 Å². The fraction of sp³-hybridized carbons (Fsp3) is 0.486. The van der Waals surface area contributed by atoms with Crippen molar-refractivity contribution in [2.75, 3.05) is 13.2 Å². The number of nitro benzene ring substituents is 1. The van der Waals surface area contributed by atoms with Crippen molar-refractivity contribution in [1.82, 2.24) is 4.90 Å². The maximum atomic E-state index is 13.7. The van der Waals surface area contributed by atoms with Crippen LogP contribution in [-0.2, 0) is 34.0 Å². The van der Waals surface area contributed by atoms with E-state index in [1.54, 1.807) is 19.1 Å². The Morgan fingerprint density at radius 1 is 1.06 bits per heavy atom. The highest BCUT2D eigenvalue weighted by atomic mass is 32.2. The third-order valence-electron chi connectivity index (χ3n) is 9.26. The lowest BCUT2D eigenvalue weighted by atomic mass is 9.91. The number of rotatable bonds is 6. The Kier molecular flexibility index (Phi) is 12.6. The average molecular weight is 714 g/mol. The van der Waals surface area contributed by atoms with Gasteiger partial charge < -0.3 is 24.7 Å². The summed E-state index contributed by atoms with van der Waals surface area (Å²) in [5, 5.41) is 10.9. The van der Waals surface area contributed by atoms with Crippen molar-refractivity contribution >= 4 is 39.4 Å². The molecule has 0 unspecified atom stereocenters. The second kappa shape index (κ2) is 16.5. The van der Waals surface area contributed by atoms with Crippen molar-refractivity contribution in [2.45, 2.75) is 88.3 Å². The molecule has 3 aliphatic rings. The molecule has 0 radical (unpaired) electrons. The molecule has 0 bridgehead atoms. The summed E-state index contributed by atoms with van der Waals surface area (Å²) in [6, 6.07) is 9.43. The molecule has 1 saturated heterocycles. The molecule has 270 valence electrons. The highest BCUT2D eigenvalue weighted by Crippen LogP contribution is 2.57. The van der Waals surface area contributed by atoms with Gasteiger partial charge in [0, 0.05) is 31.4 Å². The number of hydrogen-bond donors (Lipinski definition) is 1. The topological polar surface area (TPSA) is 218 Å². The molecule has 5 rings (SSSR count). The normalized spacial score (nSPS) is 26.1. The molecular formula is C35H43N3O11S. The number of quaternary nitrogens is 1. The van der Waals surface area contributed by atoms with Gasteiger partial charge in [-0.2, -0.15) is 0 Å². The number of non-ortho nitro benzene ring substituents is 1. The minimum atomic E-state index is -4.27. The third-order valence-corrected chi connectivity index (χ3v) is 10.1. The predicted molar refractivity (Wildman–Crippen MR) is 177 cm³/mol. The number of fused-ring (bicyclic) bond motifs is 2. The fourth-order valence-electron chi connectivity index (χ4n) is 6.32. The number of hydrogen-bond acceptors (Lipinski definition) is 11. The van der Waals surface area contributed by atoms with Gasteiger partial charge in [-0.3, -0.25) is 24.5 Å². The monoisotopic (exact) mass is 713 g/mol. The SMILES string of the molecule is CCOC(=O)[C@]12CC(=O)[C@@H]3C[C@@H](OC(=O)c4ccc([N+](=O)[O-])cc4)CN3C(=O)[C@@H]([NH3+])CCCCC/C=C\[C@@H]1C2.Cc1ccc(S(=O)(=O)[O-])cc1. The van der Waals surface area contributed by atoms with Gasteiger partial charge in [-0.05, 0) is 69.7 Å². The largest absolute Gasteiger partial charge is 0.744 e. The Morgan fingerprint density at radius 2 is 1.74 bits per heavy atom. The van der Waals surface area contributed by atoms with Crippen LogP contribution in [0.5, 0.6) is 0 Å². The van der Waals surface area contributed by atoms with Gasteiger partial charge in [0.15, 0.2) is 11.8 Å². The first-order chi connectivity index (χ1) is 23.7. The van der Waals surface area contributed by atoms with Gasteiger partial charge >= 0.3 is 11.9 Å². The van der Waals surface area contributed by atoms with Crippen molar-refractivity contribution in [3.8, 4) is 0 Å². The van der Waals surface area contributed by atoms with Gasteiger partial charge in [0.25, 0.3) is 11.6 Å².